The van der Waals surface area contributed by atoms with Gasteiger partial charge in [0.15, 0.2) is 5.65 Å². The van der Waals surface area contributed by atoms with Gasteiger partial charge in [0.2, 0.25) is 0 Å². The lowest BCUT2D eigenvalue weighted by Crippen LogP contribution is -2.22. The van der Waals surface area contributed by atoms with Crippen LogP contribution in [-0.4, -0.2) is 31.9 Å². The van der Waals surface area contributed by atoms with Crippen LogP contribution in [0.3, 0.4) is 0 Å². The third kappa shape index (κ3) is 1.50. The number of aromatic carboxylic acids is 1. The Kier molecular flexibility index (Phi) is 2.24. The van der Waals surface area contributed by atoms with E-state index in [4.69, 9.17) is 5.11 Å². The average Bonchev–Trinajstić information content (AvgIpc) is 2.61. The molecule has 0 unspecified atom stereocenters. The molecule has 78 valence electrons. The van der Waals surface area contributed by atoms with Crippen LogP contribution in [0.5, 0.6) is 0 Å². The Morgan fingerprint density at radius 2 is 2.40 bits per heavy atom. The summed E-state index contributed by atoms with van der Waals surface area (Å²) in [7, 11) is 0. The van der Waals surface area contributed by atoms with Crippen LogP contribution < -0.4 is 5.56 Å². The predicted octanol–water partition coefficient (Wildman–Crippen LogP) is 0.443. The Bertz CT molecular complexity index is 586. The van der Waals surface area contributed by atoms with E-state index >= 15 is 0 Å². The van der Waals surface area contributed by atoms with Gasteiger partial charge in [-0.25, -0.2) is 9.78 Å². The van der Waals surface area contributed by atoms with Gasteiger partial charge in [-0.1, -0.05) is 0 Å². The van der Waals surface area contributed by atoms with Crippen molar-refractivity contribution in [1.29, 1.82) is 0 Å². The fraction of sp³-hybridized carbons (Fsp3) is 0.125. The molecule has 15 heavy (non-hydrogen) atoms. The molecule has 0 saturated carbocycles. The fourth-order valence-corrected chi connectivity index (χ4v) is 1.59. The summed E-state index contributed by atoms with van der Waals surface area (Å²) in [5.74, 6) is -1.28. The van der Waals surface area contributed by atoms with E-state index in [-0.39, 0.29) is 5.56 Å². The summed E-state index contributed by atoms with van der Waals surface area (Å²) in [5, 5.41) is 12.2. The number of nitrogens with one attached hydrogen (secondary N) is 1. The monoisotopic (exact) mass is 225 g/mol. The molecule has 0 atom stereocenters. The van der Waals surface area contributed by atoms with Crippen LogP contribution in [0.2, 0.25) is 0 Å². The van der Waals surface area contributed by atoms with E-state index in [0.717, 1.165) is 15.7 Å². The van der Waals surface area contributed by atoms with Gasteiger partial charge in [-0.2, -0.15) is 4.52 Å². The second-order valence-corrected chi connectivity index (χ2v) is 3.65. The smallest absolute Gasteiger partial charge is 0.343 e. The van der Waals surface area contributed by atoms with Gasteiger partial charge in [-0.05, 0) is 6.26 Å². The summed E-state index contributed by atoms with van der Waals surface area (Å²) in [5.41, 5.74) is -0.538. The first kappa shape index (κ1) is 9.78. The normalized spacial score (nSPS) is 10.7. The van der Waals surface area contributed by atoms with Gasteiger partial charge < -0.3 is 5.11 Å². The van der Waals surface area contributed by atoms with Gasteiger partial charge in [-0.15, -0.1) is 11.8 Å². The molecular formula is C8H7N3O3S. The van der Waals surface area contributed by atoms with Crippen molar-refractivity contribution in [2.45, 2.75) is 5.03 Å². The van der Waals surface area contributed by atoms with Gasteiger partial charge in [0, 0.05) is 12.3 Å². The molecule has 0 fully saturated rings. The third-order valence-corrected chi connectivity index (χ3v) is 2.57. The van der Waals surface area contributed by atoms with Crippen LogP contribution in [-0.2, 0) is 0 Å². The summed E-state index contributed by atoms with van der Waals surface area (Å²) < 4.78 is 1.12. The van der Waals surface area contributed by atoms with Crippen molar-refractivity contribution in [2.24, 2.45) is 0 Å². The topological polar surface area (TPSA) is 87.5 Å². The lowest BCUT2D eigenvalue weighted by molar-refractivity contribution is 0.0694. The molecule has 0 bridgehead atoms. The molecule has 2 N–H and O–H groups in total. The Hall–Kier alpha value is -1.76. The number of carboxylic acid groups (broad SMARTS) is 1. The number of H-pyrrole nitrogens is 1. The zero-order chi connectivity index (χ0) is 11.0. The highest BCUT2D eigenvalue weighted by Gasteiger charge is 2.12. The third-order valence-electron chi connectivity index (χ3n) is 1.92. The second kappa shape index (κ2) is 3.43. The lowest BCUT2D eigenvalue weighted by Gasteiger charge is -1.94. The zero-order valence-corrected chi connectivity index (χ0v) is 8.54. The number of hydrogen-bond acceptors (Lipinski definition) is 4. The predicted molar refractivity (Wildman–Crippen MR) is 54.6 cm³/mol. The van der Waals surface area contributed by atoms with Crippen LogP contribution in [0.1, 0.15) is 10.4 Å². The number of rotatable bonds is 2. The molecule has 0 amide bonds. The number of aromatic nitrogens is 3. The molecule has 0 spiro atoms. The first-order chi connectivity index (χ1) is 7.13. The minimum atomic E-state index is -1.28. The van der Waals surface area contributed by atoms with Crippen LogP contribution in [0.25, 0.3) is 5.65 Å². The van der Waals surface area contributed by atoms with E-state index in [0.29, 0.717) is 5.65 Å². The van der Waals surface area contributed by atoms with E-state index in [9.17, 15) is 9.59 Å². The highest BCUT2D eigenvalue weighted by atomic mass is 32.2. The van der Waals surface area contributed by atoms with Crippen molar-refractivity contribution in [2.75, 3.05) is 6.26 Å². The minimum absolute atomic E-state index is 0.345. The standard InChI is InChI=1S/C8H7N3O3S/c1-15-6-2-5-9-3-4(8(13)14)7(12)11(5)10-6/h2-3,10H,1H3,(H,13,14). The summed E-state index contributed by atoms with van der Waals surface area (Å²) in [6.45, 7) is 0. The van der Waals surface area contributed by atoms with Crippen molar-refractivity contribution in [3.8, 4) is 0 Å². The fourth-order valence-electron chi connectivity index (χ4n) is 1.19. The van der Waals surface area contributed by atoms with E-state index in [1.165, 1.54) is 11.8 Å². The van der Waals surface area contributed by atoms with Crippen LogP contribution >= 0.6 is 11.8 Å². The van der Waals surface area contributed by atoms with Gasteiger partial charge in [0.25, 0.3) is 5.56 Å². The zero-order valence-electron chi connectivity index (χ0n) is 7.72. The Morgan fingerprint density at radius 3 is 3.00 bits per heavy atom. The first-order valence-corrected chi connectivity index (χ1v) is 5.24. The lowest BCUT2D eigenvalue weighted by atomic mass is 10.3. The molecule has 0 radical (unpaired) electrons. The van der Waals surface area contributed by atoms with E-state index in [1.807, 2.05) is 6.26 Å². The number of fused-ring (bicyclic) bond motifs is 1. The second-order valence-electron chi connectivity index (χ2n) is 2.80. The number of carboxylic acids is 1. The molecular weight excluding hydrogens is 218 g/mol. The van der Waals surface area contributed by atoms with Crippen molar-refractivity contribution in [1.82, 2.24) is 14.6 Å². The Morgan fingerprint density at radius 1 is 1.67 bits per heavy atom. The summed E-state index contributed by atoms with van der Waals surface area (Å²) in [4.78, 5) is 26.1. The molecule has 2 aromatic heterocycles. The van der Waals surface area contributed by atoms with Crippen molar-refractivity contribution in [3.05, 3.63) is 28.2 Å². The number of nitrogens with zero attached hydrogens (tertiary/aromatic N) is 2. The van der Waals surface area contributed by atoms with Gasteiger partial charge in [0.1, 0.15) is 5.56 Å². The van der Waals surface area contributed by atoms with Crippen LogP contribution in [0.4, 0.5) is 0 Å². The summed E-state index contributed by atoms with van der Waals surface area (Å²) in [6, 6.07) is 1.68. The van der Waals surface area contributed by atoms with Crippen molar-refractivity contribution >= 4 is 23.4 Å². The number of carbonyl (C=O) groups is 1. The molecule has 2 rings (SSSR count). The molecule has 2 heterocycles. The quantitative estimate of drug-likeness (QED) is 0.724. The number of hydrogen-bond donors (Lipinski definition) is 2. The SMILES string of the molecule is CSc1cc2ncc(C(=O)O)c(=O)n2[nH]1. The van der Waals surface area contributed by atoms with Crippen LogP contribution in [0, 0.1) is 0 Å². The van der Waals surface area contributed by atoms with E-state index < -0.39 is 11.5 Å². The Labute approximate surface area is 87.9 Å². The maximum Gasteiger partial charge on any atom is 0.343 e. The van der Waals surface area contributed by atoms with Crippen LogP contribution in [0.15, 0.2) is 22.1 Å². The molecule has 2 aromatic rings. The van der Waals surface area contributed by atoms with Gasteiger partial charge >= 0.3 is 5.97 Å². The summed E-state index contributed by atoms with van der Waals surface area (Å²) >= 11 is 1.41. The van der Waals surface area contributed by atoms with E-state index in [1.54, 1.807) is 6.07 Å². The Balaban J connectivity index is 2.78. The molecule has 0 aliphatic carbocycles. The maximum absolute atomic E-state index is 11.6. The average molecular weight is 225 g/mol. The summed E-state index contributed by atoms with van der Waals surface area (Å²) in [6.07, 6.45) is 2.91. The molecule has 6 nitrogen and oxygen atoms in total. The highest BCUT2D eigenvalue weighted by molar-refractivity contribution is 7.98. The van der Waals surface area contributed by atoms with Crippen molar-refractivity contribution < 1.29 is 9.90 Å². The minimum Gasteiger partial charge on any atom is -0.477 e. The largest absolute Gasteiger partial charge is 0.477 e. The maximum atomic E-state index is 11.6. The van der Waals surface area contributed by atoms with E-state index in [2.05, 4.69) is 10.1 Å². The number of thioether (sulfide) groups is 1. The molecule has 0 aromatic carbocycles. The number of aromatic amines is 1. The molecule has 0 saturated heterocycles. The molecule has 0 aliphatic heterocycles. The van der Waals surface area contributed by atoms with Gasteiger partial charge in [-0.3, -0.25) is 9.89 Å². The molecule has 0 aliphatic rings. The first-order valence-electron chi connectivity index (χ1n) is 4.01. The highest BCUT2D eigenvalue weighted by Crippen LogP contribution is 2.12. The molecule has 7 heteroatoms. The van der Waals surface area contributed by atoms with Crippen molar-refractivity contribution in [3.63, 3.8) is 0 Å². The van der Waals surface area contributed by atoms with Gasteiger partial charge in [0.05, 0.1) is 5.03 Å².